The topological polar surface area (TPSA) is 67.0 Å². The first-order valence-electron chi connectivity index (χ1n) is 7.05. The minimum atomic E-state index is -3.08. The average Bonchev–Trinajstić information content (AvgIpc) is 2.58. The van der Waals surface area contributed by atoms with E-state index in [0.29, 0.717) is 0 Å². The molecule has 4 N–H and O–H groups in total. The zero-order valence-electron chi connectivity index (χ0n) is 13.8. The fraction of sp³-hybridized carbons (Fsp3) is 0. The maximum atomic E-state index is 9.58. The first-order valence-corrected chi connectivity index (χ1v) is 8.55. The molecule has 2 nitrogen and oxygen atoms in total. The van der Waals surface area contributed by atoms with E-state index in [4.69, 9.17) is 0 Å². The molecule has 0 spiro atoms. The number of rotatable bonds is 3. The fourth-order valence-corrected chi connectivity index (χ4v) is 4.89. The maximum Gasteiger partial charge on any atom is 0.154 e. The first-order chi connectivity index (χ1) is 11.2. The largest absolute Gasteiger partial charge is 0.693 e. The quantitative estimate of drug-likeness (QED) is 0.281. The van der Waals surface area contributed by atoms with Gasteiger partial charge in [0, 0.05) is 17.1 Å². The molecule has 3 aromatic carbocycles. The normalized spacial score (nSPS) is 9.12. The van der Waals surface area contributed by atoms with Gasteiger partial charge in [-0.05, 0) is 36.4 Å². The van der Waals surface area contributed by atoms with Crippen LogP contribution in [0.15, 0.2) is 91.0 Å². The van der Waals surface area contributed by atoms with E-state index in [9.17, 15) is 13.2 Å². The Morgan fingerprint density at radius 1 is 0.500 bits per heavy atom. The van der Waals surface area contributed by atoms with Gasteiger partial charge in [-0.25, -0.2) is 0 Å². The van der Waals surface area contributed by atoms with Crippen molar-refractivity contribution < 1.29 is 30.2 Å². The van der Waals surface area contributed by atoms with E-state index in [0.717, 1.165) is 0 Å². The third kappa shape index (κ3) is 8.61. The molecule has 0 aromatic heterocycles. The van der Waals surface area contributed by atoms with E-state index in [1.54, 1.807) is 0 Å². The van der Waals surface area contributed by atoms with E-state index in [2.05, 4.69) is 91.0 Å². The van der Waals surface area contributed by atoms with Crippen molar-refractivity contribution in [2.75, 3.05) is 0 Å². The maximum absolute atomic E-state index is 9.58. The van der Waals surface area contributed by atoms with Gasteiger partial charge in [-0.3, -0.25) is 0 Å². The Morgan fingerprint density at radius 2 is 0.692 bits per heavy atom. The molecule has 0 aliphatic carbocycles. The molecule has 26 heavy (non-hydrogen) atoms. The van der Waals surface area contributed by atoms with Crippen LogP contribution in [0.2, 0.25) is 0 Å². The van der Waals surface area contributed by atoms with Gasteiger partial charge in [-0.2, -0.15) is 0 Å². The van der Waals surface area contributed by atoms with E-state index < -0.39 is 14.6 Å². The molecule has 0 heterocycles. The SMILES string of the molecule is F[C-](F)F.[Cu].[NH2-].[NH2-].c1ccc([PH+](c2ccccc2)c2ccccc2)cc1. The number of benzene rings is 3. The van der Waals surface area contributed by atoms with Gasteiger partial charge >= 0.3 is 0 Å². The molecule has 3 rings (SSSR count). The molecule has 0 amide bonds. The Bertz CT molecular complexity index is 592. The molecule has 0 saturated heterocycles. The number of nitrogens with two attached hydrogens (primary N) is 2. The molecular weight excluding hydrogens is 408 g/mol. The van der Waals surface area contributed by atoms with Crippen LogP contribution in [0.1, 0.15) is 0 Å². The van der Waals surface area contributed by atoms with Crippen LogP contribution in [0.3, 0.4) is 0 Å². The standard InChI is InChI=1S/C18H15P.CF3.Cu.2H2N/c1-4-10-16(11-5-1)19(17-12-6-2-7-13-17)18-14-8-3-9-15-18;2-1(3)4;;;/h1-15H;;;2*1H2/q;-1;;2*-1/p+1. The van der Waals surface area contributed by atoms with E-state index in [1.165, 1.54) is 15.9 Å². The summed E-state index contributed by atoms with van der Waals surface area (Å²) in [6.07, 6.45) is 0. The van der Waals surface area contributed by atoms with E-state index in [-0.39, 0.29) is 29.4 Å². The summed E-state index contributed by atoms with van der Waals surface area (Å²) < 4.78 is 28.8. The molecule has 7 heteroatoms. The summed E-state index contributed by atoms with van der Waals surface area (Å²) in [6, 6.07) is 32.5. The molecule has 0 bridgehead atoms. The molecule has 3 aromatic rings. The molecule has 0 atom stereocenters. The van der Waals surface area contributed by atoms with Crippen molar-refractivity contribution in [3.8, 4) is 0 Å². The minimum Gasteiger partial charge on any atom is -0.693 e. The Hall–Kier alpha value is -1.68. The predicted octanol–water partition coefficient (Wildman–Crippen LogP) is 5.95. The molecular formula is C19H20CuF3N2P-2. The number of hydrogen-bond acceptors (Lipinski definition) is 0. The summed E-state index contributed by atoms with van der Waals surface area (Å²) >= 11 is 0. The van der Waals surface area contributed by atoms with Crippen LogP contribution >= 0.6 is 7.92 Å². The van der Waals surface area contributed by atoms with E-state index in [1.807, 2.05) is 0 Å². The minimum absolute atomic E-state index is 0. The molecule has 145 valence electrons. The van der Waals surface area contributed by atoms with Gasteiger partial charge in [0.15, 0.2) is 6.68 Å². The summed E-state index contributed by atoms with van der Waals surface area (Å²) in [5.41, 5.74) is 0. The van der Waals surface area contributed by atoms with Crippen molar-refractivity contribution in [1.29, 1.82) is 0 Å². The molecule has 1 radical (unpaired) electrons. The van der Waals surface area contributed by atoms with Crippen LogP contribution in [-0.4, -0.2) is 0 Å². The second-order valence-corrected chi connectivity index (χ2v) is 7.17. The van der Waals surface area contributed by atoms with Gasteiger partial charge in [-0.1, -0.05) is 54.6 Å². The van der Waals surface area contributed by atoms with Gasteiger partial charge in [-0.15, -0.1) is 0 Å². The monoisotopic (exact) mass is 427 g/mol. The molecule has 0 aliphatic rings. The van der Waals surface area contributed by atoms with E-state index >= 15 is 0 Å². The Labute approximate surface area is 164 Å². The molecule has 0 unspecified atom stereocenters. The third-order valence-electron chi connectivity index (χ3n) is 3.19. The predicted molar refractivity (Wildman–Crippen MR) is 104 cm³/mol. The summed E-state index contributed by atoms with van der Waals surface area (Å²) in [4.78, 5) is 0. The summed E-state index contributed by atoms with van der Waals surface area (Å²) in [5, 5.41) is 4.31. The van der Waals surface area contributed by atoms with Gasteiger partial charge in [0.2, 0.25) is 0 Å². The second-order valence-electron chi connectivity index (χ2n) is 4.69. The van der Waals surface area contributed by atoms with Crippen molar-refractivity contribution >= 4 is 23.8 Å². The zero-order valence-corrected chi connectivity index (χ0v) is 15.7. The van der Waals surface area contributed by atoms with Crippen LogP contribution in [0.4, 0.5) is 13.2 Å². The number of halogens is 3. The van der Waals surface area contributed by atoms with Crippen molar-refractivity contribution in [1.82, 2.24) is 0 Å². The van der Waals surface area contributed by atoms with Crippen LogP contribution < -0.4 is 15.9 Å². The van der Waals surface area contributed by atoms with Gasteiger partial charge < -0.3 is 25.5 Å². The van der Waals surface area contributed by atoms with Crippen molar-refractivity contribution in [2.45, 2.75) is 0 Å². The van der Waals surface area contributed by atoms with Gasteiger partial charge in [0.25, 0.3) is 0 Å². The number of hydrogen-bond donors (Lipinski definition) is 0. The third-order valence-corrected chi connectivity index (χ3v) is 5.92. The van der Waals surface area contributed by atoms with Gasteiger partial charge in [0.1, 0.15) is 15.9 Å². The van der Waals surface area contributed by atoms with Crippen molar-refractivity contribution in [3.05, 3.63) is 110 Å². The molecule has 0 saturated carbocycles. The summed E-state index contributed by atoms with van der Waals surface area (Å²) in [6.45, 7) is -3.08. The van der Waals surface area contributed by atoms with Crippen LogP contribution in [0.25, 0.3) is 12.3 Å². The summed E-state index contributed by atoms with van der Waals surface area (Å²) in [5.74, 6) is 0. The first kappa shape index (κ1) is 26.5. The van der Waals surface area contributed by atoms with Crippen LogP contribution in [-0.2, 0) is 17.1 Å². The zero-order chi connectivity index (χ0) is 16.5. The van der Waals surface area contributed by atoms with Crippen molar-refractivity contribution in [3.63, 3.8) is 0 Å². The van der Waals surface area contributed by atoms with Crippen LogP contribution in [0.5, 0.6) is 0 Å². The summed E-state index contributed by atoms with van der Waals surface area (Å²) in [7, 11) is -0.877. The smallest absolute Gasteiger partial charge is 0.154 e. The van der Waals surface area contributed by atoms with Crippen molar-refractivity contribution in [2.24, 2.45) is 0 Å². The second kappa shape index (κ2) is 14.5. The molecule has 0 fully saturated rings. The Morgan fingerprint density at radius 3 is 0.885 bits per heavy atom. The Kier molecular flexibility index (Phi) is 14.8. The fourth-order valence-electron chi connectivity index (χ4n) is 2.31. The van der Waals surface area contributed by atoms with Gasteiger partial charge in [0.05, 0.1) is 7.92 Å². The van der Waals surface area contributed by atoms with Crippen LogP contribution in [0, 0.1) is 6.68 Å². The Balaban J connectivity index is 0. The average molecular weight is 428 g/mol. The molecule has 0 aliphatic heterocycles.